The van der Waals surface area contributed by atoms with Crippen molar-refractivity contribution in [2.24, 2.45) is 0 Å². The molecule has 6 nitrogen and oxygen atoms in total. The molecule has 0 N–H and O–H groups in total. The minimum Gasteiger partial charge on any atom is -0.462 e. The zero-order valence-corrected chi connectivity index (χ0v) is 52.0. The number of hydrogen-bond acceptors (Lipinski definition) is 6. The maximum atomic E-state index is 12.9. The van der Waals surface area contributed by atoms with Crippen molar-refractivity contribution >= 4 is 17.9 Å². The average molecular weight is 1080 g/mol. The number of allylic oxidation sites excluding steroid dienone is 6. The normalized spacial score (nSPS) is 12.2. The first-order valence-electron chi connectivity index (χ1n) is 34.5. The molecule has 0 aliphatic rings. The van der Waals surface area contributed by atoms with Gasteiger partial charge in [0.15, 0.2) is 6.10 Å². The molecule has 0 spiro atoms. The Morgan fingerprint density at radius 2 is 0.468 bits per heavy atom. The van der Waals surface area contributed by atoms with Crippen molar-refractivity contribution in [3.8, 4) is 0 Å². The lowest BCUT2D eigenvalue weighted by atomic mass is 10.0. The van der Waals surface area contributed by atoms with E-state index in [1.807, 2.05) is 0 Å². The molecule has 0 aromatic heterocycles. The molecule has 0 rings (SSSR count). The average Bonchev–Trinajstić information content (AvgIpc) is 3.43. The molecule has 0 aromatic carbocycles. The molecular weight excluding hydrogens is 949 g/mol. The summed E-state index contributed by atoms with van der Waals surface area (Å²) in [6, 6.07) is 0. The van der Waals surface area contributed by atoms with Crippen molar-refractivity contribution < 1.29 is 28.6 Å². The van der Waals surface area contributed by atoms with Crippen LogP contribution in [0.1, 0.15) is 380 Å². The second kappa shape index (κ2) is 66.1. The van der Waals surface area contributed by atoms with Crippen LogP contribution in [-0.2, 0) is 28.6 Å². The molecule has 0 heterocycles. The SMILES string of the molecule is CCCCC/C=C\C/C=C\CCCCCCCC(=O)OC(COC(=O)CCCCCCC/C=C\CCCCCCCC)COC(=O)CCCCCCCCCCCCCCCCCCCCCCCCCCCCCCC. The Labute approximate surface area is 480 Å². The van der Waals surface area contributed by atoms with E-state index in [0.29, 0.717) is 19.3 Å². The van der Waals surface area contributed by atoms with E-state index in [2.05, 4.69) is 57.2 Å². The van der Waals surface area contributed by atoms with Gasteiger partial charge in [-0.2, -0.15) is 0 Å². The Bertz CT molecular complexity index is 1290. The van der Waals surface area contributed by atoms with E-state index in [1.165, 1.54) is 250 Å². The lowest BCUT2D eigenvalue weighted by Gasteiger charge is -2.18. The summed E-state index contributed by atoms with van der Waals surface area (Å²) in [5, 5.41) is 0. The van der Waals surface area contributed by atoms with Crippen molar-refractivity contribution in [1.82, 2.24) is 0 Å². The van der Waals surface area contributed by atoms with Crippen molar-refractivity contribution in [2.45, 2.75) is 386 Å². The van der Waals surface area contributed by atoms with Gasteiger partial charge in [0.05, 0.1) is 0 Å². The highest BCUT2D eigenvalue weighted by atomic mass is 16.6. The highest BCUT2D eigenvalue weighted by Gasteiger charge is 2.19. The molecule has 77 heavy (non-hydrogen) atoms. The van der Waals surface area contributed by atoms with Gasteiger partial charge in [-0.25, -0.2) is 0 Å². The van der Waals surface area contributed by atoms with Gasteiger partial charge in [-0.1, -0.05) is 320 Å². The van der Waals surface area contributed by atoms with Gasteiger partial charge in [-0.15, -0.1) is 0 Å². The number of unbranched alkanes of at least 4 members (excludes halogenated alkanes) is 47. The van der Waals surface area contributed by atoms with Gasteiger partial charge in [-0.05, 0) is 77.0 Å². The summed E-state index contributed by atoms with van der Waals surface area (Å²) in [6.07, 6.45) is 81.8. The maximum Gasteiger partial charge on any atom is 0.306 e. The van der Waals surface area contributed by atoms with Gasteiger partial charge in [-0.3, -0.25) is 14.4 Å². The van der Waals surface area contributed by atoms with Crippen LogP contribution < -0.4 is 0 Å². The molecule has 0 bridgehead atoms. The van der Waals surface area contributed by atoms with E-state index in [1.54, 1.807) is 0 Å². The quantitative estimate of drug-likeness (QED) is 0.0261. The van der Waals surface area contributed by atoms with Crippen LogP contribution >= 0.6 is 0 Å². The molecule has 1 unspecified atom stereocenters. The van der Waals surface area contributed by atoms with Crippen molar-refractivity contribution in [3.63, 3.8) is 0 Å². The molecule has 0 aromatic rings. The minimum atomic E-state index is -0.781. The zero-order chi connectivity index (χ0) is 55.7. The second-order valence-corrected chi connectivity index (χ2v) is 23.4. The molecular formula is C71H132O6. The Hall–Kier alpha value is -2.37. The summed E-state index contributed by atoms with van der Waals surface area (Å²) in [5.74, 6) is -0.875. The predicted octanol–water partition coefficient (Wildman–Crippen LogP) is 23.6. The van der Waals surface area contributed by atoms with Gasteiger partial charge >= 0.3 is 17.9 Å². The topological polar surface area (TPSA) is 78.9 Å². The summed E-state index contributed by atoms with van der Waals surface area (Å²) in [6.45, 7) is 6.65. The Kier molecular flexibility index (Phi) is 64.1. The predicted molar refractivity (Wildman–Crippen MR) is 335 cm³/mol. The summed E-state index contributed by atoms with van der Waals surface area (Å²) in [4.78, 5) is 38.3. The third kappa shape index (κ3) is 64.3. The summed E-state index contributed by atoms with van der Waals surface area (Å²) in [5.41, 5.74) is 0. The van der Waals surface area contributed by atoms with Gasteiger partial charge in [0.1, 0.15) is 13.2 Å². The van der Waals surface area contributed by atoms with E-state index in [-0.39, 0.29) is 31.1 Å². The third-order valence-corrected chi connectivity index (χ3v) is 15.6. The van der Waals surface area contributed by atoms with Crippen LogP contribution in [0.4, 0.5) is 0 Å². The lowest BCUT2D eigenvalue weighted by molar-refractivity contribution is -0.167. The van der Waals surface area contributed by atoms with E-state index in [0.717, 1.165) is 89.9 Å². The largest absolute Gasteiger partial charge is 0.462 e. The maximum absolute atomic E-state index is 12.9. The molecule has 0 saturated heterocycles. The Morgan fingerprint density at radius 1 is 0.260 bits per heavy atom. The number of ether oxygens (including phenoxy) is 3. The molecule has 0 aliphatic carbocycles. The number of carbonyl (C=O) groups is 3. The fourth-order valence-corrected chi connectivity index (χ4v) is 10.4. The first-order chi connectivity index (χ1) is 38.0. The second-order valence-electron chi connectivity index (χ2n) is 23.4. The third-order valence-electron chi connectivity index (χ3n) is 15.6. The van der Waals surface area contributed by atoms with Crippen molar-refractivity contribution in [3.05, 3.63) is 36.5 Å². The van der Waals surface area contributed by atoms with Gasteiger partial charge < -0.3 is 14.2 Å². The fourth-order valence-electron chi connectivity index (χ4n) is 10.4. The van der Waals surface area contributed by atoms with Crippen LogP contribution in [-0.4, -0.2) is 37.2 Å². The Balaban J connectivity index is 4.18. The number of esters is 3. The zero-order valence-electron chi connectivity index (χ0n) is 52.0. The van der Waals surface area contributed by atoms with E-state index in [4.69, 9.17) is 14.2 Å². The number of rotatable bonds is 64. The first-order valence-corrected chi connectivity index (χ1v) is 34.5. The summed E-state index contributed by atoms with van der Waals surface area (Å²) >= 11 is 0. The van der Waals surface area contributed by atoms with Crippen LogP contribution in [0.2, 0.25) is 0 Å². The van der Waals surface area contributed by atoms with Crippen LogP contribution in [0.15, 0.2) is 36.5 Å². The lowest BCUT2D eigenvalue weighted by Crippen LogP contribution is -2.30. The van der Waals surface area contributed by atoms with Crippen LogP contribution in [0.5, 0.6) is 0 Å². The van der Waals surface area contributed by atoms with Crippen LogP contribution in [0, 0.1) is 0 Å². The van der Waals surface area contributed by atoms with Crippen molar-refractivity contribution in [2.75, 3.05) is 13.2 Å². The monoisotopic (exact) mass is 1080 g/mol. The number of carbonyl (C=O) groups excluding carboxylic acids is 3. The molecule has 0 saturated carbocycles. The molecule has 0 fully saturated rings. The molecule has 452 valence electrons. The molecule has 0 aliphatic heterocycles. The van der Waals surface area contributed by atoms with Crippen molar-refractivity contribution in [1.29, 1.82) is 0 Å². The van der Waals surface area contributed by atoms with Crippen LogP contribution in [0.25, 0.3) is 0 Å². The smallest absolute Gasteiger partial charge is 0.306 e. The highest BCUT2D eigenvalue weighted by molar-refractivity contribution is 5.71. The molecule has 0 amide bonds. The van der Waals surface area contributed by atoms with E-state index < -0.39 is 6.10 Å². The van der Waals surface area contributed by atoms with E-state index in [9.17, 15) is 14.4 Å². The van der Waals surface area contributed by atoms with Crippen LogP contribution in [0.3, 0.4) is 0 Å². The van der Waals surface area contributed by atoms with Gasteiger partial charge in [0.25, 0.3) is 0 Å². The molecule has 6 heteroatoms. The summed E-state index contributed by atoms with van der Waals surface area (Å²) in [7, 11) is 0. The number of hydrogen-bond donors (Lipinski definition) is 0. The molecule has 0 radical (unpaired) electrons. The Morgan fingerprint density at radius 3 is 0.753 bits per heavy atom. The van der Waals surface area contributed by atoms with Gasteiger partial charge in [0.2, 0.25) is 0 Å². The van der Waals surface area contributed by atoms with Gasteiger partial charge in [0, 0.05) is 19.3 Å². The summed E-state index contributed by atoms with van der Waals surface area (Å²) < 4.78 is 16.9. The first kappa shape index (κ1) is 74.6. The fraction of sp³-hybridized carbons (Fsp3) is 0.873. The molecule has 1 atom stereocenters. The van der Waals surface area contributed by atoms with E-state index >= 15 is 0 Å². The minimum absolute atomic E-state index is 0.0764. The standard InChI is InChI=1S/C71H132O6/c1-4-7-10-13-16-19-22-25-28-29-30-31-32-33-34-35-36-37-38-39-40-41-44-46-49-52-55-58-61-64-70(73)76-67-68(77-71(74)65-62-59-56-53-50-47-43-27-24-21-18-15-12-9-6-3)66-75-69(72)63-60-57-54-51-48-45-42-26-23-20-17-14-11-8-5-2/h18,21,26-27,42-43,68H,4-17,19-20,22-25,28-41,44-67H2,1-3H3/b21-18-,42-26-,43-27-. The highest BCUT2D eigenvalue weighted by Crippen LogP contribution is 2.18.